The molecule has 1 aromatic rings. The van der Waals surface area contributed by atoms with Gasteiger partial charge in [0, 0.05) is 0 Å². The fourth-order valence-electron chi connectivity index (χ4n) is 1.20. The topological polar surface area (TPSA) is 59.1 Å². The highest BCUT2D eigenvalue weighted by atomic mass is 19.4. The molecule has 3 nitrogen and oxygen atoms in total. The van der Waals surface area contributed by atoms with Gasteiger partial charge in [0.05, 0.1) is 17.7 Å². The maximum Gasteiger partial charge on any atom is 0.416 e. The van der Waals surface area contributed by atoms with Crippen LogP contribution >= 0.6 is 0 Å². The number of hydrogen-bond acceptors (Lipinski definition) is 2. The minimum atomic E-state index is -4.45. The van der Waals surface area contributed by atoms with Crippen molar-refractivity contribution in [3.8, 4) is 5.75 Å². The van der Waals surface area contributed by atoms with Gasteiger partial charge >= 0.3 is 6.18 Å². The lowest BCUT2D eigenvalue weighted by atomic mass is 10.1. The second kappa shape index (κ2) is 4.42. The molecule has 6 heteroatoms. The second-order valence-corrected chi connectivity index (χ2v) is 3.06. The molecule has 0 atom stereocenters. The van der Waals surface area contributed by atoms with E-state index in [4.69, 9.17) is 15.9 Å². The van der Waals surface area contributed by atoms with Crippen molar-refractivity contribution in [3.05, 3.63) is 29.3 Å². The Labute approximate surface area is 90.5 Å². The number of rotatable bonds is 3. The van der Waals surface area contributed by atoms with Gasteiger partial charge in [-0.3, -0.25) is 5.41 Å². The molecule has 0 aliphatic rings. The Bertz CT molecular complexity index is 402. The van der Waals surface area contributed by atoms with Crippen molar-refractivity contribution in [2.45, 2.75) is 13.1 Å². The molecule has 0 amide bonds. The zero-order chi connectivity index (χ0) is 12.3. The van der Waals surface area contributed by atoms with Gasteiger partial charge in [0.25, 0.3) is 0 Å². The van der Waals surface area contributed by atoms with Crippen LogP contribution in [0.4, 0.5) is 13.2 Å². The van der Waals surface area contributed by atoms with E-state index in [-0.39, 0.29) is 11.3 Å². The summed E-state index contributed by atoms with van der Waals surface area (Å²) in [7, 11) is 0. The standard InChI is InChI=1S/C10H11F3N2O/c1-2-16-8-4-3-6(10(11,12)13)5-7(8)9(14)15/h3-5H,2H2,1H3,(H3,14,15). The zero-order valence-electron chi connectivity index (χ0n) is 8.56. The van der Waals surface area contributed by atoms with Gasteiger partial charge in [-0.1, -0.05) is 0 Å². The first-order valence-electron chi connectivity index (χ1n) is 4.54. The second-order valence-electron chi connectivity index (χ2n) is 3.06. The lowest BCUT2D eigenvalue weighted by Gasteiger charge is -2.12. The van der Waals surface area contributed by atoms with Gasteiger partial charge in [-0.25, -0.2) is 0 Å². The summed E-state index contributed by atoms with van der Waals surface area (Å²) < 4.78 is 42.3. The smallest absolute Gasteiger partial charge is 0.416 e. The van der Waals surface area contributed by atoms with Crippen LogP contribution in [0.1, 0.15) is 18.1 Å². The average molecular weight is 232 g/mol. The summed E-state index contributed by atoms with van der Waals surface area (Å²) in [5, 5.41) is 7.19. The van der Waals surface area contributed by atoms with Gasteiger partial charge in [-0.2, -0.15) is 13.2 Å². The molecule has 0 radical (unpaired) electrons. The van der Waals surface area contributed by atoms with E-state index in [1.165, 1.54) is 6.07 Å². The number of benzene rings is 1. The number of hydrogen-bond donors (Lipinski definition) is 2. The van der Waals surface area contributed by atoms with Crippen LogP contribution in [0.5, 0.6) is 5.75 Å². The maximum atomic E-state index is 12.4. The highest BCUT2D eigenvalue weighted by Gasteiger charge is 2.31. The Morgan fingerprint density at radius 1 is 1.44 bits per heavy atom. The molecule has 0 fully saturated rings. The van der Waals surface area contributed by atoms with Crippen LogP contribution in [0.25, 0.3) is 0 Å². The molecule has 16 heavy (non-hydrogen) atoms. The monoisotopic (exact) mass is 232 g/mol. The van der Waals surface area contributed by atoms with E-state index in [1.54, 1.807) is 6.92 Å². The van der Waals surface area contributed by atoms with Gasteiger partial charge in [0.15, 0.2) is 0 Å². The van der Waals surface area contributed by atoms with Crippen molar-refractivity contribution in [2.75, 3.05) is 6.61 Å². The summed E-state index contributed by atoms with van der Waals surface area (Å²) in [5.41, 5.74) is 4.30. The van der Waals surface area contributed by atoms with E-state index in [9.17, 15) is 13.2 Å². The summed E-state index contributed by atoms with van der Waals surface area (Å²) in [6.45, 7) is 1.99. The third kappa shape index (κ3) is 2.65. The minimum Gasteiger partial charge on any atom is -0.493 e. The normalized spacial score (nSPS) is 11.2. The molecule has 0 unspecified atom stereocenters. The number of halogens is 3. The fourth-order valence-corrected chi connectivity index (χ4v) is 1.20. The van der Waals surface area contributed by atoms with Crippen LogP contribution in [-0.2, 0) is 6.18 Å². The summed E-state index contributed by atoms with van der Waals surface area (Å²) in [6.07, 6.45) is -4.45. The average Bonchev–Trinajstić information content (AvgIpc) is 2.16. The molecule has 0 heterocycles. The van der Waals surface area contributed by atoms with Crippen molar-refractivity contribution >= 4 is 5.84 Å². The van der Waals surface area contributed by atoms with Crippen molar-refractivity contribution in [3.63, 3.8) is 0 Å². The summed E-state index contributed by atoms with van der Waals surface area (Å²) in [5.74, 6) is -0.266. The third-order valence-corrected chi connectivity index (χ3v) is 1.90. The number of nitrogens with one attached hydrogen (secondary N) is 1. The Kier molecular flexibility index (Phi) is 3.41. The molecule has 1 rings (SSSR count). The van der Waals surface area contributed by atoms with Crippen LogP contribution in [0.3, 0.4) is 0 Å². The first kappa shape index (κ1) is 12.4. The summed E-state index contributed by atoms with van der Waals surface area (Å²) in [4.78, 5) is 0. The van der Waals surface area contributed by atoms with E-state index in [1.807, 2.05) is 0 Å². The first-order valence-corrected chi connectivity index (χ1v) is 4.54. The molecule has 0 aromatic heterocycles. The van der Waals surface area contributed by atoms with Gasteiger partial charge in [0.1, 0.15) is 11.6 Å². The van der Waals surface area contributed by atoms with Crippen LogP contribution in [-0.4, -0.2) is 12.4 Å². The van der Waals surface area contributed by atoms with E-state index < -0.39 is 17.6 Å². The fraction of sp³-hybridized carbons (Fsp3) is 0.300. The number of ether oxygens (including phenoxy) is 1. The molecule has 0 bridgehead atoms. The Morgan fingerprint density at radius 3 is 2.50 bits per heavy atom. The van der Waals surface area contributed by atoms with Gasteiger partial charge in [0.2, 0.25) is 0 Å². The van der Waals surface area contributed by atoms with Gasteiger partial charge in [-0.05, 0) is 25.1 Å². The molecule has 0 aliphatic carbocycles. The van der Waals surface area contributed by atoms with Crippen molar-refractivity contribution < 1.29 is 17.9 Å². The van der Waals surface area contributed by atoms with Crippen molar-refractivity contribution in [1.82, 2.24) is 0 Å². The van der Waals surface area contributed by atoms with Gasteiger partial charge < -0.3 is 10.5 Å². The van der Waals surface area contributed by atoms with E-state index in [0.717, 1.165) is 12.1 Å². The molecule has 3 N–H and O–H groups in total. The largest absolute Gasteiger partial charge is 0.493 e. The Balaban J connectivity index is 3.23. The maximum absolute atomic E-state index is 12.4. The SMILES string of the molecule is CCOc1ccc(C(F)(F)F)cc1C(=N)N. The highest BCUT2D eigenvalue weighted by molar-refractivity contribution is 5.97. The molecule has 0 saturated heterocycles. The number of alkyl halides is 3. The predicted molar refractivity (Wildman–Crippen MR) is 53.6 cm³/mol. The molecular weight excluding hydrogens is 221 g/mol. The summed E-state index contributed by atoms with van der Waals surface area (Å²) >= 11 is 0. The number of nitrogens with two attached hydrogens (primary N) is 1. The number of amidine groups is 1. The molecule has 1 aromatic carbocycles. The lowest BCUT2D eigenvalue weighted by Crippen LogP contribution is -2.15. The van der Waals surface area contributed by atoms with Crippen LogP contribution in [0.2, 0.25) is 0 Å². The number of nitrogen functional groups attached to an aromatic ring is 1. The van der Waals surface area contributed by atoms with Gasteiger partial charge in [-0.15, -0.1) is 0 Å². The molecule has 0 spiro atoms. The third-order valence-electron chi connectivity index (χ3n) is 1.90. The molecule has 0 saturated carbocycles. The van der Waals surface area contributed by atoms with Crippen molar-refractivity contribution in [1.29, 1.82) is 5.41 Å². The van der Waals surface area contributed by atoms with Crippen LogP contribution in [0.15, 0.2) is 18.2 Å². The first-order chi connectivity index (χ1) is 7.36. The molecule has 0 aliphatic heterocycles. The van der Waals surface area contributed by atoms with E-state index in [2.05, 4.69) is 0 Å². The predicted octanol–water partition coefficient (Wildman–Crippen LogP) is 2.39. The van der Waals surface area contributed by atoms with Crippen LogP contribution < -0.4 is 10.5 Å². The highest BCUT2D eigenvalue weighted by Crippen LogP contribution is 2.32. The zero-order valence-corrected chi connectivity index (χ0v) is 8.56. The van der Waals surface area contributed by atoms with E-state index in [0.29, 0.717) is 6.61 Å². The van der Waals surface area contributed by atoms with E-state index >= 15 is 0 Å². The minimum absolute atomic E-state index is 0.0447. The lowest BCUT2D eigenvalue weighted by molar-refractivity contribution is -0.137. The Hall–Kier alpha value is -1.72. The molecule has 88 valence electrons. The van der Waals surface area contributed by atoms with Crippen LogP contribution in [0, 0.1) is 5.41 Å². The Morgan fingerprint density at radius 2 is 2.06 bits per heavy atom. The quantitative estimate of drug-likeness (QED) is 0.621. The summed E-state index contributed by atoms with van der Waals surface area (Å²) in [6, 6.07) is 2.88. The van der Waals surface area contributed by atoms with Crippen molar-refractivity contribution in [2.24, 2.45) is 5.73 Å². The molecular formula is C10H11F3N2O.